The molecule has 2 aromatic carbocycles. The van der Waals surface area contributed by atoms with Crippen LogP contribution in [0, 0.1) is 6.92 Å². The van der Waals surface area contributed by atoms with E-state index in [9.17, 15) is 4.79 Å². The highest BCUT2D eigenvalue weighted by Crippen LogP contribution is 2.24. The number of pyridine rings is 1. The molecule has 7 heteroatoms. The second-order valence-corrected chi connectivity index (χ2v) is 7.74. The number of oxazole rings is 1. The van der Waals surface area contributed by atoms with Crippen LogP contribution in [0.4, 0.5) is 0 Å². The molecule has 0 aliphatic rings. The Morgan fingerprint density at radius 2 is 1.76 bits per heavy atom. The molecule has 0 N–H and O–H groups in total. The topological polar surface area (TPSA) is 83.7 Å². The van der Waals surface area contributed by atoms with Crippen molar-refractivity contribution in [1.82, 2.24) is 9.97 Å². The molecule has 4 rings (SSSR count). The third-order valence-corrected chi connectivity index (χ3v) is 5.35. The van der Waals surface area contributed by atoms with Gasteiger partial charge in [0.1, 0.15) is 29.5 Å². The van der Waals surface area contributed by atoms with Gasteiger partial charge < -0.3 is 18.6 Å². The van der Waals surface area contributed by atoms with Crippen LogP contribution in [0.15, 0.2) is 65.1 Å². The molecule has 2 aromatic heterocycles. The van der Waals surface area contributed by atoms with Crippen molar-refractivity contribution in [2.75, 3.05) is 13.2 Å². The molecule has 0 spiro atoms. The maximum Gasteiger partial charge on any atom is 0.335 e. The van der Waals surface area contributed by atoms with Crippen LogP contribution in [0.1, 0.15) is 30.9 Å². The second kappa shape index (κ2) is 10.9. The first-order valence-electron chi connectivity index (χ1n) is 11.4. The molecule has 1 atom stereocenters. The summed E-state index contributed by atoms with van der Waals surface area (Å²) in [4.78, 5) is 21.3. The highest BCUT2D eigenvalue weighted by atomic mass is 16.6. The number of rotatable bonds is 10. The Morgan fingerprint density at radius 3 is 2.53 bits per heavy atom. The van der Waals surface area contributed by atoms with Crippen molar-refractivity contribution in [3.05, 3.63) is 77.7 Å². The molecule has 34 heavy (non-hydrogen) atoms. The van der Waals surface area contributed by atoms with E-state index in [0.717, 1.165) is 16.5 Å². The van der Waals surface area contributed by atoms with Gasteiger partial charge in [0.25, 0.3) is 0 Å². The zero-order valence-electron chi connectivity index (χ0n) is 19.6. The standard InChI is InChI=1S/C27H28N2O5/c1-4-31-25(27(30)32-5-2)16-19-10-13-21(14-11-19)33-17-24-18(3)34-26(29-24)23-15-12-20-8-6-7-9-22(20)28-23/h6-15,25H,4-5,16-17H2,1-3H3/t25-/m1/s1. The monoisotopic (exact) mass is 460 g/mol. The lowest BCUT2D eigenvalue weighted by Crippen LogP contribution is -2.28. The summed E-state index contributed by atoms with van der Waals surface area (Å²) in [6, 6.07) is 19.4. The molecule has 0 aliphatic carbocycles. The number of carbonyl (C=O) groups excluding carboxylic acids is 1. The Balaban J connectivity index is 1.39. The van der Waals surface area contributed by atoms with E-state index in [1.807, 2.05) is 74.5 Å². The molecular weight excluding hydrogens is 432 g/mol. The van der Waals surface area contributed by atoms with E-state index in [4.69, 9.17) is 18.6 Å². The molecule has 0 unspecified atom stereocenters. The average molecular weight is 461 g/mol. The number of ether oxygens (including phenoxy) is 3. The molecule has 0 radical (unpaired) electrons. The summed E-state index contributed by atoms with van der Waals surface area (Å²) in [5.41, 5.74) is 3.25. The molecule has 0 saturated carbocycles. The molecule has 4 aromatic rings. The van der Waals surface area contributed by atoms with E-state index in [1.165, 1.54) is 0 Å². The predicted octanol–water partition coefficient (Wildman–Crippen LogP) is 5.29. The van der Waals surface area contributed by atoms with E-state index in [2.05, 4.69) is 9.97 Å². The SMILES string of the molecule is CCOC(=O)[C@@H](Cc1ccc(OCc2nc(-c3ccc4ccccc4n3)oc2C)cc1)OCC. The summed E-state index contributed by atoms with van der Waals surface area (Å²) in [5, 5.41) is 1.07. The smallest absolute Gasteiger partial charge is 0.335 e. The summed E-state index contributed by atoms with van der Waals surface area (Å²) in [6.45, 7) is 6.55. The summed E-state index contributed by atoms with van der Waals surface area (Å²) < 4.78 is 22.4. The highest BCUT2D eigenvalue weighted by molar-refractivity contribution is 5.80. The second-order valence-electron chi connectivity index (χ2n) is 7.74. The number of esters is 1. The largest absolute Gasteiger partial charge is 0.487 e. The van der Waals surface area contributed by atoms with Crippen molar-refractivity contribution in [2.24, 2.45) is 0 Å². The molecule has 7 nitrogen and oxygen atoms in total. The van der Waals surface area contributed by atoms with Gasteiger partial charge in [-0.15, -0.1) is 0 Å². The minimum absolute atomic E-state index is 0.270. The third-order valence-electron chi connectivity index (χ3n) is 5.35. The van der Waals surface area contributed by atoms with Gasteiger partial charge in [0, 0.05) is 18.4 Å². The Labute approximate surface area is 198 Å². The molecule has 0 bridgehead atoms. The lowest BCUT2D eigenvalue weighted by molar-refractivity contribution is -0.156. The fraction of sp³-hybridized carbons (Fsp3) is 0.296. The van der Waals surface area contributed by atoms with Crippen molar-refractivity contribution < 1.29 is 23.4 Å². The minimum atomic E-state index is -0.614. The number of fused-ring (bicyclic) bond motifs is 1. The predicted molar refractivity (Wildman–Crippen MR) is 129 cm³/mol. The van der Waals surface area contributed by atoms with Gasteiger partial charge in [0.15, 0.2) is 6.10 Å². The number of para-hydroxylation sites is 1. The number of nitrogens with zero attached hydrogens (tertiary/aromatic N) is 2. The number of hydrogen-bond donors (Lipinski definition) is 0. The number of aromatic nitrogens is 2. The fourth-order valence-corrected chi connectivity index (χ4v) is 3.59. The quantitative estimate of drug-likeness (QED) is 0.297. The molecular formula is C27H28N2O5. The Bertz CT molecular complexity index is 1250. The minimum Gasteiger partial charge on any atom is -0.487 e. The van der Waals surface area contributed by atoms with Gasteiger partial charge in [-0.2, -0.15) is 0 Å². The van der Waals surface area contributed by atoms with Crippen LogP contribution in [-0.2, 0) is 27.3 Å². The number of hydrogen-bond acceptors (Lipinski definition) is 7. The first-order chi connectivity index (χ1) is 16.6. The first-order valence-corrected chi connectivity index (χ1v) is 11.4. The number of benzene rings is 2. The van der Waals surface area contributed by atoms with Crippen LogP contribution in [0.5, 0.6) is 5.75 Å². The lowest BCUT2D eigenvalue weighted by Gasteiger charge is -2.15. The van der Waals surface area contributed by atoms with Gasteiger partial charge in [0.2, 0.25) is 5.89 Å². The van der Waals surface area contributed by atoms with Crippen LogP contribution < -0.4 is 4.74 Å². The van der Waals surface area contributed by atoms with Crippen molar-refractivity contribution in [2.45, 2.75) is 39.9 Å². The molecule has 0 amide bonds. The maximum atomic E-state index is 12.1. The Hall–Kier alpha value is -3.71. The molecule has 2 heterocycles. The summed E-state index contributed by atoms with van der Waals surface area (Å²) in [5.74, 6) is 1.51. The highest BCUT2D eigenvalue weighted by Gasteiger charge is 2.20. The molecule has 0 aliphatic heterocycles. The van der Waals surface area contributed by atoms with E-state index in [-0.39, 0.29) is 12.6 Å². The van der Waals surface area contributed by atoms with Gasteiger partial charge in [-0.3, -0.25) is 0 Å². The zero-order valence-corrected chi connectivity index (χ0v) is 19.6. The van der Waals surface area contributed by atoms with Crippen molar-refractivity contribution in [3.63, 3.8) is 0 Å². The van der Waals surface area contributed by atoms with Gasteiger partial charge in [-0.25, -0.2) is 14.8 Å². The summed E-state index contributed by atoms with van der Waals surface area (Å²) in [6.07, 6.45) is -0.172. The van der Waals surface area contributed by atoms with E-state index >= 15 is 0 Å². The van der Waals surface area contributed by atoms with Gasteiger partial charge in [-0.05, 0) is 50.6 Å². The first kappa shape index (κ1) is 23.4. The van der Waals surface area contributed by atoms with Crippen LogP contribution in [0.25, 0.3) is 22.5 Å². The summed E-state index contributed by atoms with van der Waals surface area (Å²) >= 11 is 0. The molecule has 176 valence electrons. The normalized spacial score (nSPS) is 12.0. The third kappa shape index (κ3) is 5.61. The van der Waals surface area contributed by atoms with Gasteiger partial charge in [0.05, 0.1) is 12.1 Å². The van der Waals surface area contributed by atoms with Gasteiger partial charge in [-0.1, -0.05) is 36.4 Å². The molecule has 0 saturated heterocycles. The van der Waals surface area contributed by atoms with Gasteiger partial charge >= 0.3 is 5.97 Å². The number of aryl methyl sites for hydroxylation is 1. The zero-order chi connectivity index (χ0) is 23.9. The average Bonchev–Trinajstić information content (AvgIpc) is 3.23. The van der Waals surface area contributed by atoms with Crippen molar-refractivity contribution in [3.8, 4) is 17.3 Å². The van der Waals surface area contributed by atoms with Crippen LogP contribution >= 0.6 is 0 Å². The lowest BCUT2D eigenvalue weighted by atomic mass is 10.1. The number of carbonyl (C=O) groups is 1. The van der Waals surface area contributed by atoms with Crippen molar-refractivity contribution >= 4 is 16.9 Å². The van der Waals surface area contributed by atoms with E-state index < -0.39 is 6.10 Å². The maximum absolute atomic E-state index is 12.1. The van der Waals surface area contributed by atoms with Crippen LogP contribution in [0.2, 0.25) is 0 Å². The van der Waals surface area contributed by atoms with Crippen molar-refractivity contribution in [1.29, 1.82) is 0 Å². The molecule has 0 fully saturated rings. The Morgan fingerprint density at radius 1 is 0.971 bits per heavy atom. The fourth-order valence-electron chi connectivity index (χ4n) is 3.59. The summed E-state index contributed by atoms with van der Waals surface area (Å²) in [7, 11) is 0. The van der Waals surface area contributed by atoms with E-state index in [0.29, 0.717) is 48.4 Å². The van der Waals surface area contributed by atoms with E-state index in [1.54, 1.807) is 6.92 Å². The van der Waals surface area contributed by atoms with Crippen LogP contribution in [-0.4, -0.2) is 35.3 Å². The van der Waals surface area contributed by atoms with Crippen LogP contribution in [0.3, 0.4) is 0 Å². The Kier molecular flexibility index (Phi) is 7.54.